The first-order valence-corrected chi connectivity index (χ1v) is 8.54. The maximum absolute atomic E-state index is 12.3. The molecule has 3 rings (SSSR count). The predicted molar refractivity (Wildman–Crippen MR) is 96.9 cm³/mol. The van der Waals surface area contributed by atoms with Gasteiger partial charge in [-0.05, 0) is 12.1 Å². The number of phenols is 1. The van der Waals surface area contributed by atoms with Gasteiger partial charge in [0.25, 0.3) is 0 Å². The van der Waals surface area contributed by atoms with Crippen molar-refractivity contribution >= 4 is 17.4 Å². The van der Waals surface area contributed by atoms with Gasteiger partial charge in [0.15, 0.2) is 5.78 Å². The molecule has 0 atom stereocenters. The SMILES string of the molecule is O=C(CCC(=O)N1CCN(c2ccccc2O)CC1)c1ccccc1. The van der Waals surface area contributed by atoms with E-state index >= 15 is 0 Å². The molecule has 0 aromatic heterocycles. The number of rotatable bonds is 5. The number of phenolic OH excluding ortho intramolecular Hbond substituents is 1. The molecule has 0 unspecified atom stereocenters. The molecule has 1 fully saturated rings. The van der Waals surface area contributed by atoms with Crippen LogP contribution in [0.4, 0.5) is 5.69 Å². The van der Waals surface area contributed by atoms with Crippen molar-refractivity contribution in [1.82, 2.24) is 4.90 Å². The topological polar surface area (TPSA) is 60.9 Å². The quantitative estimate of drug-likeness (QED) is 0.852. The normalized spacial score (nSPS) is 14.4. The Hall–Kier alpha value is -2.82. The second-order valence-corrected chi connectivity index (χ2v) is 6.15. The van der Waals surface area contributed by atoms with Gasteiger partial charge in [-0.25, -0.2) is 0 Å². The van der Waals surface area contributed by atoms with E-state index in [1.807, 2.05) is 30.3 Å². The minimum absolute atomic E-state index is 0.00166. The van der Waals surface area contributed by atoms with Gasteiger partial charge < -0.3 is 14.9 Å². The summed E-state index contributed by atoms with van der Waals surface area (Å²) < 4.78 is 0. The Morgan fingerprint density at radius 1 is 0.840 bits per heavy atom. The first-order chi connectivity index (χ1) is 12.1. The van der Waals surface area contributed by atoms with E-state index in [1.165, 1.54) is 0 Å². The molecule has 1 heterocycles. The number of Topliss-reactive ketones (excluding diaryl/α,β-unsaturated/α-hetero) is 1. The molecule has 25 heavy (non-hydrogen) atoms. The molecule has 2 aromatic rings. The van der Waals surface area contributed by atoms with Gasteiger partial charge in [-0.15, -0.1) is 0 Å². The van der Waals surface area contributed by atoms with Crippen LogP contribution in [0.2, 0.25) is 0 Å². The van der Waals surface area contributed by atoms with E-state index < -0.39 is 0 Å². The van der Waals surface area contributed by atoms with Crippen molar-refractivity contribution in [2.24, 2.45) is 0 Å². The summed E-state index contributed by atoms with van der Waals surface area (Å²) in [7, 11) is 0. The smallest absolute Gasteiger partial charge is 0.223 e. The molecule has 130 valence electrons. The molecule has 0 saturated carbocycles. The predicted octanol–water partition coefficient (Wildman–Crippen LogP) is 2.70. The lowest BCUT2D eigenvalue weighted by molar-refractivity contribution is -0.131. The minimum Gasteiger partial charge on any atom is -0.506 e. The van der Waals surface area contributed by atoms with Crippen LogP contribution in [0.25, 0.3) is 0 Å². The Bertz CT molecular complexity index is 738. The Balaban J connectivity index is 1.49. The number of anilines is 1. The Kier molecular flexibility index (Phi) is 5.33. The number of hydrogen-bond acceptors (Lipinski definition) is 4. The zero-order chi connectivity index (χ0) is 17.6. The fourth-order valence-electron chi connectivity index (χ4n) is 3.08. The van der Waals surface area contributed by atoms with E-state index in [1.54, 1.807) is 29.2 Å². The summed E-state index contributed by atoms with van der Waals surface area (Å²) in [5.74, 6) is 0.277. The molecule has 1 amide bonds. The number of carbonyl (C=O) groups excluding carboxylic acids is 2. The van der Waals surface area contributed by atoms with Crippen molar-refractivity contribution < 1.29 is 14.7 Å². The molecular weight excluding hydrogens is 316 g/mol. The minimum atomic E-state index is 0.00166. The zero-order valence-corrected chi connectivity index (χ0v) is 14.1. The fraction of sp³-hybridized carbons (Fsp3) is 0.300. The monoisotopic (exact) mass is 338 g/mol. The van der Waals surface area contributed by atoms with Crippen LogP contribution in [0.1, 0.15) is 23.2 Å². The second kappa shape index (κ2) is 7.83. The Labute approximate surface area is 147 Å². The number of aromatic hydroxyl groups is 1. The highest BCUT2D eigenvalue weighted by Gasteiger charge is 2.22. The van der Waals surface area contributed by atoms with Gasteiger partial charge >= 0.3 is 0 Å². The molecule has 1 N–H and O–H groups in total. The lowest BCUT2D eigenvalue weighted by Crippen LogP contribution is -2.48. The third kappa shape index (κ3) is 4.18. The maximum atomic E-state index is 12.3. The van der Waals surface area contributed by atoms with Crippen LogP contribution in [0.15, 0.2) is 54.6 Å². The van der Waals surface area contributed by atoms with Gasteiger partial charge in [0.1, 0.15) is 5.75 Å². The standard InChI is InChI=1S/C20H22N2O3/c23-18(16-6-2-1-3-7-16)10-11-20(25)22-14-12-21(13-15-22)17-8-4-5-9-19(17)24/h1-9,24H,10-15H2. The number of para-hydroxylation sites is 2. The van der Waals surface area contributed by atoms with Crippen molar-refractivity contribution in [3.05, 3.63) is 60.2 Å². The molecule has 5 heteroatoms. The number of carbonyl (C=O) groups is 2. The van der Waals surface area contributed by atoms with E-state index in [0.29, 0.717) is 31.7 Å². The van der Waals surface area contributed by atoms with Crippen molar-refractivity contribution in [2.75, 3.05) is 31.1 Å². The summed E-state index contributed by atoms with van der Waals surface area (Å²) >= 11 is 0. The van der Waals surface area contributed by atoms with Crippen LogP contribution < -0.4 is 4.90 Å². The van der Waals surface area contributed by atoms with Crippen LogP contribution >= 0.6 is 0 Å². The van der Waals surface area contributed by atoms with Crippen molar-refractivity contribution in [2.45, 2.75) is 12.8 Å². The fourth-order valence-corrected chi connectivity index (χ4v) is 3.08. The summed E-state index contributed by atoms with van der Waals surface area (Å²) in [6, 6.07) is 16.3. The van der Waals surface area contributed by atoms with E-state index in [-0.39, 0.29) is 30.3 Å². The van der Waals surface area contributed by atoms with Crippen LogP contribution in [-0.2, 0) is 4.79 Å². The van der Waals surface area contributed by atoms with E-state index in [2.05, 4.69) is 4.90 Å². The molecule has 1 aliphatic heterocycles. The summed E-state index contributed by atoms with van der Waals surface area (Å²) in [6.45, 7) is 2.56. The highest BCUT2D eigenvalue weighted by Crippen LogP contribution is 2.27. The number of amides is 1. The van der Waals surface area contributed by atoms with Gasteiger partial charge in [0, 0.05) is 44.6 Å². The second-order valence-electron chi connectivity index (χ2n) is 6.15. The molecule has 0 spiro atoms. The molecule has 0 bridgehead atoms. The third-order valence-corrected chi connectivity index (χ3v) is 4.52. The third-order valence-electron chi connectivity index (χ3n) is 4.52. The average molecular weight is 338 g/mol. The number of benzene rings is 2. The van der Waals surface area contributed by atoms with E-state index in [0.717, 1.165) is 5.69 Å². The zero-order valence-electron chi connectivity index (χ0n) is 14.1. The van der Waals surface area contributed by atoms with E-state index in [4.69, 9.17) is 0 Å². The van der Waals surface area contributed by atoms with Crippen molar-refractivity contribution in [3.63, 3.8) is 0 Å². The first-order valence-electron chi connectivity index (χ1n) is 8.54. The molecule has 0 radical (unpaired) electrons. The average Bonchev–Trinajstić information content (AvgIpc) is 2.67. The largest absolute Gasteiger partial charge is 0.506 e. The number of nitrogens with zero attached hydrogens (tertiary/aromatic N) is 2. The van der Waals surface area contributed by atoms with Gasteiger partial charge in [-0.3, -0.25) is 9.59 Å². The summed E-state index contributed by atoms with van der Waals surface area (Å²) in [4.78, 5) is 28.3. The first kappa shape index (κ1) is 17.0. The number of hydrogen-bond donors (Lipinski definition) is 1. The van der Waals surface area contributed by atoms with Crippen molar-refractivity contribution in [1.29, 1.82) is 0 Å². The molecule has 1 saturated heterocycles. The van der Waals surface area contributed by atoms with E-state index in [9.17, 15) is 14.7 Å². The number of piperazine rings is 1. The van der Waals surface area contributed by atoms with Crippen LogP contribution in [-0.4, -0.2) is 47.9 Å². The van der Waals surface area contributed by atoms with Crippen LogP contribution in [0, 0.1) is 0 Å². The molecular formula is C20H22N2O3. The highest BCUT2D eigenvalue weighted by molar-refractivity contribution is 5.97. The molecule has 1 aliphatic rings. The summed E-state index contributed by atoms with van der Waals surface area (Å²) in [5, 5.41) is 9.93. The molecule has 5 nitrogen and oxygen atoms in total. The molecule has 0 aliphatic carbocycles. The summed E-state index contributed by atoms with van der Waals surface area (Å²) in [5.41, 5.74) is 1.45. The Morgan fingerprint density at radius 3 is 2.16 bits per heavy atom. The lowest BCUT2D eigenvalue weighted by atomic mass is 10.1. The molecule has 2 aromatic carbocycles. The Morgan fingerprint density at radius 2 is 1.48 bits per heavy atom. The van der Waals surface area contributed by atoms with Gasteiger partial charge in [-0.2, -0.15) is 0 Å². The number of ketones is 1. The van der Waals surface area contributed by atoms with Gasteiger partial charge in [0.2, 0.25) is 5.91 Å². The summed E-state index contributed by atoms with van der Waals surface area (Å²) in [6.07, 6.45) is 0.479. The van der Waals surface area contributed by atoms with Crippen molar-refractivity contribution in [3.8, 4) is 5.75 Å². The van der Waals surface area contributed by atoms with Gasteiger partial charge in [0.05, 0.1) is 5.69 Å². The van der Waals surface area contributed by atoms with Gasteiger partial charge in [-0.1, -0.05) is 42.5 Å². The maximum Gasteiger partial charge on any atom is 0.223 e. The van der Waals surface area contributed by atoms with Crippen LogP contribution in [0.3, 0.4) is 0 Å². The lowest BCUT2D eigenvalue weighted by Gasteiger charge is -2.36. The van der Waals surface area contributed by atoms with Crippen LogP contribution in [0.5, 0.6) is 5.75 Å². The highest BCUT2D eigenvalue weighted by atomic mass is 16.3.